The molecule has 0 aliphatic heterocycles. The van der Waals surface area contributed by atoms with Crippen LogP contribution in [0.15, 0.2) is 70.5 Å². The molecule has 0 bridgehead atoms. The standard InChI is InChI=1S/C38H36N14O12S/c39-37-49-29-27(33(57)51-37)45-21(15-43-29)13-41-19-5-1-17(2-6-19)31(55)47-23(35(59)60)9-11-25(53)65(63,64)26(54)12-10-24(36(61)62)48-32(56)18-3-7-20(8-4-18)42-14-22-16-44-30-28(46-22)34(58)52-38(40)50-30/h1-8,15-16,23-24,41-42H,9-14H2,(H,47,55)(H,48,56)(H,59,60)(H,61,62)(H3,39,43,49,51,57)(H3,40,44,50,52,58)/t23-,24-/m0/s1. The summed E-state index contributed by atoms with van der Waals surface area (Å²) in [6.07, 6.45) is -0.662. The largest absolute Gasteiger partial charge is 0.480 e. The Morgan fingerprint density at radius 2 is 0.969 bits per heavy atom. The molecule has 12 N–H and O–H groups in total. The van der Waals surface area contributed by atoms with Crippen LogP contribution in [-0.4, -0.2) is 105 Å². The average Bonchev–Trinajstić information content (AvgIpc) is 3.27. The van der Waals surface area contributed by atoms with Crippen molar-refractivity contribution in [3.8, 4) is 0 Å². The number of aromatic amines is 2. The summed E-state index contributed by atoms with van der Waals surface area (Å²) in [6.45, 7) is 0.221. The van der Waals surface area contributed by atoms with Gasteiger partial charge in [-0.15, -0.1) is 0 Å². The molecule has 0 saturated carbocycles. The second-order valence-electron chi connectivity index (χ2n) is 13.9. The molecule has 0 spiro atoms. The van der Waals surface area contributed by atoms with Gasteiger partial charge in [-0.2, -0.15) is 9.97 Å². The molecule has 0 fully saturated rings. The number of hydrogen-bond donors (Lipinski definition) is 10. The summed E-state index contributed by atoms with van der Waals surface area (Å²) in [4.78, 5) is 128. The van der Waals surface area contributed by atoms with Gasteiger partial charge in [0.15, 0.2) is 22.3 Å². The molecule has 6 aromatic rings. The number of aliphatic carboxylic acids is 2. The highest BCUT2D eigenvalue weighted by atomic mass is 32.2. The minimum Gasteiger partial charge on any atom is -0.480 e. The molecule has 0 radical (unpaired) electrons. The highest BCUT2D eigenvalue weighted by Crippen LogP contribution is 2.16. The van der Waals surface area contributed by atoms with E-state index in [0.29, 0.717) is 22.8 Å². The Kier molecular flexibility index (Phi) is 13.8. The van der Waals surface area contributed by atoms with Crippen LogP contribution < -0.4 is 43.9 Å². The summed E-state index contributed by atoms with van der Waals surface area (Å²) in [7, 11) is -5.20. The smallest absolute Gasteiger partial charge is 0.326 e. The Labute approximate surface area is 363 Å². The van der Waals surface area contributed by atoms with Gasteiger partial charge in [0.2, 0.25) is 11.9 Å². The molecule has 0 saturated heterocycles. The number of H-pyrrole nitrogens is 2. The number of hydrogen-bond acceptors (Lipinski definition) is 20. The molecule has 26 nitrogen and oxygen atoms in total. The Balaban J connectivity index is 0.956. The number of anilines is 4. The van der Waals surface area contributed by atoms with Crippen LogP contribution in [0, 0.1) is 0 Å². The molecule has 0 aliphatic carbocycles. The van der Waals surface area contributed by atoms with Crippen LogP contribution in [0.4, 0.5) is 23.3 Å². The number of benzene rings is 2. The summed E-state index contributed by atoms with van der Waals surface area (Å²) in [5, 5.41) is 26.5. The van der Waals surface area contributed by atoms with Crippen molar-refractivity contribution in [2.24, 2.45) is 0 Å². The van der Waals surface area contributed by atoms with Gasteiger partial charge in [0, 0.05) is 35.3 Å². The average molecular weight is 913 g/mol. The number of sulfone groups is 1. The normalized spacial score (nSPS) is 12.2. The van der Waals surface area contributed by atoms with Crippen LogP contribution in [-0.2, 0) is 42.1 Å². The van der Waals surface area contributed by atoms with Crippen molar-refractivity contribution >= 4 is 89.4 Å². The van der Waals surface area contributed by atoms with E-state index in [4.69, 9.17) is 11.5 Å². The number of carboxylic acids is 2. The molecule has 0 unspecified atom stereocenters. The Morgan fingerprint density at radius 3 is 1.32 bits per heavy atom. The van der Waals surface area contributed by atoms with Gasteiger partial charge in [0.25, 0.3) is 43.0 Å². The van der Waals surface area contributed by atoms with Crippen molar-refractivity contribution in [1.29, 1.82) is 0 Å². The van der Waals surface area contributed by atoms with E-state index in [9.17, 15) is 57.0 Å². The molecule has 4 aromatic heterocycles. The first-order chi connectivity index (χ1) is 30.9. The quantitative estimate of drug-likeness (QED) is 0.0506. The first-order valence-electron chi connectivity index (χ1n) is 19.0. The van der Waals surface area contributed by atoms with E-state index in [1.165, 1.54) is 60.9 Å². The van der Waals surface area contributed by atoms with Crippen molar-refractivity contribution in [3.05, 3.63) is 104 Å². The lowest BCUT2D eigenvalue weighted by Gasteiger charge is -2.15. The van der Waals surface area contributed by atoms with Crippen LogP contribution in [0.1, 0.15) is 57.8 Å². The number of carbonyl (C=O) groups is 6. The van der Waals surface area contributed by atoms with Crippen LogP contribution in [0.2, 0.25) is 0 Å². The molecule has 6 rings (SSSR count). The second-order valence-corrected chi connectivity index (χ2v) is 15.8. The number of nitrogens with one attached hydrogen (secondary N) is 6. The number of aromatic nitrogens is 8. The van der Waals surface area contributed by atoms with Gasteiger partial charge in [-0.25, -0.2) is 37.9 Å². The van der Waals surface area contributed by atoms with Crippen LogP contribution in [0.25, 0.3) is 22.3 Å². The van der Waals surface area contributed by atoms with Gasteiger partial charge in [-0.3, -0.25) is 38.7 Å². The van der Waals surface area contributed by atoms with Crippen molar-refractivity contribution in [1.82, 2.24) is 50.5 Å². The fourth-order valence-electron chi connectivity index (χ4n) is 5.89. The minimum absolute atomic E-state index is 0.000157. The van der Waals surface area contributed by atoms with Crippen molar-refractivity contribution in [2.75, 3.05) is 22.1 Å². The summed E-state index contributed by atoms with van der Waals surface area (Å²) >= 11 is 0. The third-order valence-electron chi connectivity index (χ3n) is 9.29. The maximum absolute atomic E-state index is 12.9. The predicted molar refractivity (Wildman–Crippen MR) is 227 cm³/mol. The topological polar surface area (TPSA) is 420 Å². The first-order valence-corrected chi connectivity index (χ1v) is 20.4. The SMILES string of the molecule is Nc1nc2ncc(CNc3ccc(C(=O)N[C@@H](CCC(=O)S(=O)(=O)C(=O)CC[C@H](NC(=O)c4ccc(NCc5cnc6nc(N)[nH]c(=O)c6n5)cc4)C(=O)O)C(=O)O)cc3)nc2c(=O)[nH]1. The predicted octanol–water partition coefficient (Wildman–Crippen LogP) is -0.777. The highest BCUT2D eigenvalue weighted by molar-refractivity contribution is 8.18. The highest BCUT2D eigenvalue weighted by Gasteiger charge is 2.34. The van der Waals surface area contributed by atoms with E-state index >= 15 is 0 Å². The zero-order chi connectivity index (χ0) is 47.0. The minimum atomic E-state index is -5.20. The lowest BCUT2D eigenvalue weighted by atomic mass is 10.1. The molecule has 336 valence electrons. The number of carboxylic acid groups (broad SMARTS) is 2. The van der Waals surface area contributed by atoms with Crippen LogP contribution in [0.5, 0.6) is 0 Å². The maximum Gasteiger partial charge on any atom is 0.326 e. The zero-order valence-electron chi connectivity index (χ0n) is 33.4. The number of carbonyl (C=O) groups excluding carboxylic acids is 4. The number of rotatable bonds is 18. The molecule has 65 heavy (non-hydrogen) atoms. The van der Waals surface area contributed by atoms with Gasteiger partial charge in [-0.1, -0.05) is 0 Å². The molecule has 2 atom stereocenters. The van der Waals surface area contributed by atoms with Gasteiger partial charge >= 0.3 is 11.9 Å². The Hall–Kier alpha value is -8.75. The zero-order valence-corrected chi connectivity index (χ0v) is 34.2. The number of fused-ring (bicyclic) bond motifs is 2. The third-order valence-corrected chi connectivity index (χ3v) is 10.9. The van der Waals surface area contributed by atoms with E-state index in [1.54, 1.807) is 0 Å². The number of amides is 2. The van der Waals surface area contributed by atoms with Crippen LogP contribution in [0.3, 0.4) is 0 Å². The Morgan fingerprint density at radius 1 is 0.600 bits per heavy atom. The number of nitrogens with zero attached hydrogens (tertiary/aromatic N) is 6. The van der Waals surface area contributed by atoms with Crippen molar-refractivity contribution in [3.63, 3.8) is 0 Å². The van der Waals surface area contributed by atoms with Gasteiger partial charge in [0.05, 0.1) is 36.9 Å². The van der Waals surface area contributed by atoms with E-state index in [1.807, 2.05) is 0 Å². The van der Waals surface area contributed by atoms with Crippen molar-refractivity contribution < 1.29 is 47.4 Å². The molecule has 27 heteroatoms. The summed E-state index contributed by atoms with van der Waals surface area (Å²) < 4.78 is 25.5. The van der Waals surface area contributed by atoms with Gasteiger partial charge in [0.1, 0.15) is 12.1 Å². The number of nitrogens with two attached hydrogens (primary N) is 2. The molecule has 2 aromatic carbocycles. The van der Waals surface area contributed by atoms with Crippen molar-refractivity contribution in [2.45, 2.75) is 50.9 Å². The third kappa shape index (κ3) is 11.4. The lowest BCUT2D eigenvalue weighted by molar-refractivity contribution is -0.140. The van der Waals surface area contributed by atoms with Gasteiger partial charge in [-0.05, 0) is 61.4 Å². The summed E-state index contributed by atoms with van der Waals surface area (Å²) in [5.74, 6) is -5.20. The maximum atomic E-state index is 12.9. The first kappa shape index (κ1) is 45.8. The van der Waals surface area contributed by atoms with Crippen LogP contribution >= 0.6 is 0 Å². The monoisotopic (exact) mass is 912 g/mol. The Bertz CT molecular complexity index is 2890. The fraction of sp³-hybridized carbons (Fsp3) is 0.211. The summed E-state index contributed by atoms with van der Waals surface area (Å²) in [5.41, 5.74) is 11.7. The van der Waals surface area contributed by atoms with Gasteiger partial charge < -0.3 is 42.9 Å². The molecule has 4 heterocycles. The van der Waals surface area contributed by atoms with E-state index in [-0.39, 0.29) is 58.4 Å². The number of nitrogen functional groups attached to an aromatic ring is 2. The van der Waals surface area contributed by atoms with E-state index < -0.39 is 92.7 Å². The molecular weight excluding hydrogens is 877 g/mol. The molecule has 2 amide bonds. The lowest BCUT2D eigenvalue weighted by Crippen LogP contribution is -2.42. The molecule has 0 aliphatic rings. The second kappa shape index (κ2) is 19.5. The molecular formula is C38H36N14O12S. The van der Waals surface area contributed by atoms with E-state index in [2.05, 4.69) is 61.1 Å². The fourth-order valence-corrected chi connectivity index (χ4v) is 6.92. The van der Waals surface area contributed by atoms with E-state index in [0.717, 1.165) is 0 Å². The summed E-state index contributed by atoms with van der Waals surface area (Å²) in [6, 6.07) is 7.84.